The zero-order valence-corrected chi connectivity index (χ0v) is 20.7. The lowest BCUT2D eigenvalue weighted by molar-refractivity contribution is -0.129. The van der Waals surface area contributed by atoms with E-state index in [0.717, 1.165) is 42.9 Å². The van der Waals surface area contributed by atoms with Crippen LogP contribution in [0.2, 0.25) is 0 Å². The lowest BCUT2D eigenvalue weighted by atomic mass is 10.1. The van der Waals surface area contributed by atoms with Crippen LogP contribution in [-0.4, -0.2) is 89.8 Å². The average Bonchev–Trinajstić information content (AvgIpc) is 3.37. The smallest absolute Gasteiger partial charge is 0.270 e. The molecule has 4 aromatic rings. The fourth-order valence-electron chi connectivity index (χ4n) is 4.32. The molecule has 10 heteroatoms. The van der Waals surface area contributed by atoms with E-state index in [1.54, 1.807) is 32.3 Å². The number of likely N-dealkylation sites (N-methyl/N-ethyl adjacent to an activating group) is 1. The Bertz CT molecular complexity index is 1350. The van der Waals surface area contributed by atoms with Crippen LogP contribution >= 0.6 is 0 Å². The summed E-state index contributed by atoms with van der Waals surface area (Å²) in [4.78, 5) is 27.7. The van der Waals surface area contributed by atoms with Crippen LogP contribution in [-0.2, 0) is 11.2 Å². The zero-order valence-electron chi connectivity index (χ0n) is 20.7. The van der Waals surface area contributed by atoms with E-state index < -0.39 is 0 Å². The molecule has 0 saturated carbocycles. The van der Waals surface area contributed by atoms with Crippen molar-refractivity contribution >= 4 is 22.6 Å². The molecule has 1 aliphatic heterocycles. The quantitative estimate of drug-likeness (QED) is 0.389. The maximum absolute atomic E-state index is 12.1. The summed E-state index contributed by atoms with van der Waals surface area (Å²) in [6, 6.07) is 13.9. The zero-order chi connectivity index (χ0) is 25.1. The van der Waals surface area contributed by atoms with E-state index in [2.05, 4.69) is 25.0 Å². The van der Waals surface area contributed by atoms with Crippen molar-refractivity contribution in [3.05, 3.63) is 60.1 Å². The number of hydrogen-bond acceptors (Lipinski definition) is 9. The average molecular weight is 488 g/mol. The summed E-state index contributed by atoms with van der Waals surface area (Å²) in [5.41, 5.74) is 2.24. The Morgan fingerprint density at radius 1 is 1.06 bits per heavy atom. The van der Waals surface area contributed by atoms with Gasteiger partial charge < -0.3 is 19.0 Å². The van der Waals surface area contributed by atoms with E-state index in [-0.39, 0.29) is 5.91 Å². The Morgan fingerprint density at radius 3 is 2.56 bits per heavy atom. The van der Waals surface area contributed by atoms with Crippen LogP contribution in [0.3, 0.4) is 0 Å². The molecular weight excluding hydrogens is 458 g/mol. The predicted octanol–water partition coefficient (Wildman–Crippen LogP) is 2.49. The van der Waals surface area contributed by atoms with Crippen LogP contribution < -0.4 is 9.64 Å². The number of fused-ring (bicyclic) bond motifs is 1. The van der Waals surface area contributed by atoms with Crippen LogP contribution in [0.5, 0.6) is 5.75 Å². The van der Waals surface area contributed by atoms with Gasteiger partial charge in [0.15, 0.2) is 11.4 Å². The van der Waals surface area contributed by atoms with Crippen molar-refractivity contribution in [1.29, 1.82) is 0 Å². The van der Waals surface area contributed by atoms with Crippen molar-refractivity contribution in [3.63, 3.8) is 0 Å². The summed E-state index contributed by atoms with van der Waals surface area (Å²) >= 11 is 0. The lowest BCUT2D eigenvalue weighted by Gasteiger charge is -2.36. The van der Waals surface area contributed by atoms with Gasteiger partial charge in [0.1, 0.15) is 11.3 Å². The molecule has 3 aromatic heterocycles. The number of hydrogen-bond donors (Lipinski definition) is 0. The molecule has 186 valence electrons. The topological polar surface area (TPSA) is 101 Å². The third-order valence-electron chi connectivity index (χ3n) is 6.30. The highest BCUT2D eigenvalue weighted by Crippen LogP contribution is 2.38. The maximum atomic E-state index is 12.1. The summed E-state index contributed by atoms with van der Waals surface area (Å²) in [5.74, 6) is 2.18. The van der Waals surface area contributed by atoms with Crippen molar-refractivity contribution in [3.8, 4) is 17.3 Å². The van der Waals surface area contributed by atoms with Crippen LogP contribution in [0, 0.1) is 0 Å². The molecule has 5 rings (SSSR count). The molecule has 1 saturated heterocycles. The van der Waals surface area contributed by atoms with Gasteiger partial charge in [-0.25, -0.2) is 4.98 Å². The molecular formula is C26H29N7O3. The van der Waals surface area contributed by atoms with Gasteiger partial charge in [0.25, 0.3) is 5.89 Å². The fourth-order valence-corrected chi connectivity index (χ4v) is 4.32. The summed E-state index contributed by atoms with van der Waals surface area (Å²) in [6.07, 6.45) is 2.26. The minimum Gasteiger partial charge on any atom is -0.492 e. The van der Waals surface area contributed by atoms with Gasteiger partial charge in [-0.1, -0.05) is 30.3 Å². The monoisotopic (exact) mass is 487 g/mol. The number of rotatable bonds is 7. The van der Waals surface area contributed by atoms with Crippen molar-refractivity contribution in [1.82, 2.24) is 30.0 Å². The van der Waals surface area contributed by atoms with Gasteiger partial charge >= 0.3 is 0 Å². The highest BCUT2D eigenvalue weighted by atomic mass is 16.5. The molecule has 0 aliphatic carbocycles. The second-order valence-corrected chi connectivity index (χ2v) is 8.93. The number of pyridine rings is 2. The number of nitrogens with zero attached hydrogens (tertiary/aromatic N) is 7. The first-order valence-corrected chi connectivity index (χ1v) is 11.9. The number of methoxy groups -OCH3 is 1. The van der Waals surface area contributed by atoms with Gasteiger partial charge in [0.05, 0.1) is 20.1 Å². The van der Waals surface area contributed by atoms with E-state index in [4.69, 9.17) is 14.1 Å². The number of aromatic nitrogens is 4. The molecule has 0 bridgehead atoms. The highest BCUT2D eigenvalue weighted by molar-refractivity contribution is 5.97. The predicted molar refractivity (Wildman–Crippen MR) is 136 cm³/mol. The second-order valence-electron chi connectivity index (χ2n) is 8.93. The maximum Gasteiger partial charge on any atom is 0.270 e. The number of piperazine rings is 1. The van der Waals surface area contributed by atoms with Gasteiger partial charge in [-0.15, -0.1) is 10.2 Å². The van der Waals surface area contributed by atoms with Crippen molar-refractivity contribution < 1.29 is 13.9 Å². The SMILES string of the molecule is COc1c(-c2nnc(Cc3ccccc3)o2)nc(N2CCN(CC(=O)N(C)C)CC2)c2cccnc12. The molecule has 0 atom stereocenters. The first kappa shape index (κ1) is 23.7. The normalized spacial score (nSPS) is 14.2. The third-order valence-corrected chi connectivity index (χ3v) is 6.30. The molecule has 1 aliphatic rings. The van der Waals surface area contributed by atoms with Gasteiger partial charge in [0.2, 0.25) is 11.8 Å². The van der Waals surface area contributed by atoms with Crippen LogP contribution in [0.15, 0.2) is 53.1 Å². The number of carbonyl (C=O) groups excluding carboxylic acids is 1. The van der Waals surface area contributed by atoms with Gasteiger partial charge in [-0.2, -0.15) is 0 Å². The van der Waals surface area contributed by atoms with Crippen LogP contribution in [0.25, 0.3) is 22.5 Å². The van der Waals surface area contributed by atoms with Crippen LogP contribution in [0.4, 0.5) is 5.82 Å². The molecule has 0 unspecified atom stereocenters. The summed E-state index contributed by atoms with van der Waals surface area (Å²) in [5, 5.41) is 9.43. The van der Waals surface area contributed by atoms with Crippen LogP contribution in [0.1, 0.15) is 11.5 Å². The first-order valence-electron chi connectivity index (χ1n) is 11.9. The number of carbonyl (C=O) groups is 1. The molecule has 1 amide bonds. The van der Waals surface area contributed by atoms with Crippen molar-refractivity contribution in [2.45, 2.75) is 6.42 Å². The van der Waals surface area contributed by atoms with Crippen molar-refractivity contribution in [2.24, 2.45) is 0 Å². The van der Waals surface area contributed by atoms with Gasteiger partial charge in [-0.05, 0) is 17.7 Å². The van der Waals surface area contributed by atoms with Gasteiger partial charge in [-0.3, -0.25) is 14.7 Å². The Hall–Kier alpha value is -4.05. The van der Waals surface area contributed by atoms with Crippen molar-refractivity contribution in [2.75, 3.05) is 58.8 Å². The Kier molecular flexibility index (Phi) is 6.77. The molecule has 0 spiro atoms. The molecule has 0 radical (unpaired) electrons. The molecule has 10 nitrogen and oxygen atoms in total. The molecule has 1 aromatic carbocycles. The van der Waals surface area contributed by atoms with Gasteiger partial charge in [0, 0.05) is 51.9 Å². The molecule has 1 fully saturated rings. The summed E-state index contributed by atoms with van der Waals surface area (Å²) in [6.45, 7) is 3.38. The number of amides is 1. The Morgan fingerprint density at radius 2 is 1.83 bits per heavy atom. The fraction of sp³-hybridized carbons (Fsp3) is 0.346. The molecule has 0 N–H and O–H groups in total. The molecule has 36 heavy (non-hydrogen) atoms. The van der Waals surface area contributed by atoms with E-state index >= 15 is 0 Å². The minimum absolute atomic E-state index is 0.102. The third kappa shape index (κ3) is 4.85. The standard InChI is InChI=1S/C26H29N7O3/c1-31(2)21(34)17-32-12-14-33(15-13-32)25-19-10-7-11-27-22(19)24(35-3)23(28-25)26-30-29-20(36-26)16-18-8-5-4-6-9-18/h4-11H,12-17H2,1-3H3. The minimum atomic E-state index is 0.102. The second kappa shape index (κ2) is 10.3. The largest absolute Gasteiger partial charge is 0.492 e. The number of anilines is 1. The number of benzene rings is 1. The molecule has 4 heterocycles. The number of ether oxygens (including phenoxy) is 1. The highest BCUT2D eigenvalue weighted by Gasteiger charge is 2.27. The summed E-state index contributed by atoms with van der Waals surface area (Å²) < 4.78 is 11.8. The van der Waals surface area contributed by atoms with E-state index in [9.17, 15) is 4.79 Å². The Balaban J connectivity index is 1.46. The Labute approximate surface area is 209 Å². The van der Waals surface area contributed by atoms with E-state index in [0.29, 0.717) is 41.7 Å². The lowest BCUT2D eigenvalue weighted by Crippen LogP contribution is -2.49. The van der Waals surface area contributed by atoms with E-state index in [1.165, 1.54) is 0 Å². The summed E-state index contributed by atoms with van der Waals surface area (Å²) in [7, 11) is 5.16. The first-order chi connectivity index (χ1) is 17.5. The van der Waals surface area contributed by atoms with E-state index in [1.807, 2.05) is 42.5 Å².